The zero-order valence-corrected chi connectivity index (χ0v) is 17.1. The van der Waals surface area contributed by atoms with Crippen molar-refractivity contribution >= 4 is 39.8 Å². The van der Waals surface area contributed by atoms with Crippen molar-refractivity contribution in [3.8, 4) is 11.8 Å². The number of hydrogen-bond acceptors (Lipinski definition) is 5. The molecule has 0 spiro atoms. The first-order valence-electron chi connectivity index (χ1n) is 9.50. The topological polar surface area (TPSA) is 70.4 Å². The van der Waals surface area contributed by atoms with Crippen LogP contribution in [0.1, 0.15) is 23.6 Å². The molecule has 148 valence electrons. The molecule has 30 heavy (non-hydrogen) atoms. The molecule has 2 amide bonds. The van der Waals surface area contributed by atoms with Gasteiger partial charge in [-0.15, -0.1) is 0 Å². The second-order valence-electron chi connectivity index (χ2n) is 6.67. The number of imide groups is 1. The fourth-order valence-electron chi connectivity index (χ4n) is 3.41. The van der Waals surface area contributed by atoms with E-state index in [9.17, 15) is 14.9 Å². The summed E-state index contributed by atoms with van der Waals surface area (Å²) in [5, 5.41) is 10.9. The van der Waals surface area contributed by atoms with Crippen molar-refractivity contribution < 1.29 is 14.3 Å². The van der Waals surface area contributed by atoms with Crippen molar-refractivity contribution in [1.29, 1.82) is 5.26 Å². The highest BCUT2D eigenvalue weighted by Crippen LogP contribution is 2.37. The maximum absolute atomic E-state index is 13.0. The van der Waals surface area contributed by atoms with E-state index in [2.05, 4.69) is 6.07 Å². The van der Waals surface area contributed by atoms with Gasteiger partial charge in [0, 0.05) is 5.56 Å². The Kier molecular flexibility index (Phi) is 5.55. The number of thioether (sulfide) groups is 1. The molecule has 4 rings (SSSR count). The Morgan fingerprint density at radius 3 is 2.63 bits per heavy atom. The van der Waals surface area contributed by atoms with Crippen LogP contribution < -0.4 is 4.74 Å². The molecule has 0 radical (unpaired) electrons. The summed E-state index contributed by atoms with van der Waals surface area (Å²) >= 11 is 0.905. The lowest BCUT2D eigenvalue weighted by molar-refractivity contribution is -0.123. The standard InChI is InChI=1S/C24H18N2O3S/c1-2-29-21-12-11-16-7-5-6-10-19(16)20(21)13-22-23(27)26(24(28)30-22)15-18-9-4-3-8-17(18)14-25/h3-13H,2,15H2,1H3/b22-13+. The van der Waals surface area contributed by atoms with Gasteiger partial charge >= 0.3 is 0 Å². The zero-order chi connectivity index (χ0) is 21.1. The van der Waals surface area contributed by atoms with E-state index in [1.165, 1.54) is 4.90 Å². The van der Waals surface area contributed by atoms with Crippen molar-refractivity contribution in [2.45, 2.75) is 13.5 Å². The van der Waals surface area contributed by atoms with Crippen LogP contribution in [0.25, 0.3) is 16.8 Å². The van der Waals surface area contributed by atoms with Gasteiger partial charge in [0.1, 0.15) is 5.75 Å². The molecule has 3 aromatic carbocycles. The highest BCUT2D eigenvalue weighted by molar-refractivity contribution is 8.18. The number of nitriles is 1. The molecule has 1 heterocycles. The smallest absolute Gasteiger partial charge is 0.293 e. The minimum absolute atomic E-state index is 0.0690. The predicted molar refractivity (Wildman–Crippen MR) is 118 cm³/mol. The first-order chi connectivity index (χ1) is 14.6. The van der Waals surface area contributed by atoms with Crippen LogP contribution in [0.3, 0.4) is 0 Å². The zero-order valence-electron chi connectivity index (χ0n) is 16.3. The third kappa shape index (κ3) is 3.68. The van der Waals surface area contributed by atoms with Gasteiger partial charge in [0.25, 0.3) is 11.1 Å². The van der Waals surface area contributed by atoms with Gasteiger partial charge in [-0.1, -0.05) is 48.5 Å². The summed E-state index contributed by atoms with van der Waals surface area (Å²) in [5.41, 5.74) is 1.87. The largest absolute Gasteiger partial charge is 0.493 e. The minimum atomic E-state index is -0.367. The van der Waals surface area contributed by atoms with Crippen LogP contribution >= 0.6 is 11.8 Å². The van der Waals surface area contributed by atoms with Crippen LogP contribution in [-0.2, 0) is 11.3 Å². The van der Waals surface area contributed by atoms with Crippen LogP contribution in [0.2, 0.25) is 0 Å². The Morgan fingerprint density at radius 1 is 1.07 bits per heavy atom. The highest BCUT2D eigenvalue weighted by Gasteiger charge is 2.35. The lowest BCUT2D eigenvalue weighted by atomic mass is 10.0. The van der Waals surface area contributed by atoms with Crippen molar-refractivity contribution in [2.75, 3.05) is 6.61 Å². The second-order valence-corrected chi connectivity index (χ2v) is 7.66. The van der Waals surface area contributed by atoms with Gasteiger partial charge in [0.2, 0.25) is 0 Å². The lowest BCUT2D eigenvalue weighted by Crippen LogP contribution is -2.27. The number of carbonyl (C=O) groups is 2. The number of hydrogen-bond donors (Lipinski definition) is 0. The monoisotopic (exact) mass is 414 g/mol. The molecule has 1 fully saturated rings. The minimum Gasteiger partial charge on any atom is -0.493 e. The van der Waals surface area contributed by atoms with Crippen LogP contribution in [-0.4, -0.2) is 22.7 Å². The number of benzene rings is 3. The summed E-state index contributed by atoms with van der Waals surface area (Å²) in [4.78, 5) is 27.1. The van der Waals surface area contributed by atoms with Gasteiger partial charge in [-0.3, -0.25) is 14.5 Å². The quantitative estimate of drug-likeness (QED) is 0.527. The Labute approximate surface area is 178 Å². The third-order valence-electron chi connectivity index (χ3n) is 4.85. The van der Waals surface area contributed by atoms with Gasteiger partial charge in [0.05, 0.1) is 29.7 Å². The predicted octanol–water partition coefficient (Wildman–Crippen LogP) is 5.35. The molecule has 6 heteroatoms. The molecule has 0 aliphatic carbocycles. The number of ether oxygens (including phenoxy) is 1. The molecule has 0 aromatic heterocycles. The summed E-state index contributed by atoms with van der Waals surface area (Å²) < 4.78 is 5.77. The Hall–Kier alpha value is -3.56. The summed E-state index contributed by atoms with van der Waals surface area (Å²) in [6, 6.07) is 20.8. The third-order valence-corrected chi connectivity index (χ3v) is 5.75. The molecule has 0 N–H and O–H groups in total. The fourth-order valence-corrected chi connectivity index (χ4v) is 4.23. The van der Waals surface area contributed by atoms with Gasteiger partial charge in [-0.05, 0) is 53.2 Å². The molecule has 5 nitrogen and oxygen atoms in total. The summed E-state index contributed by atoms with van der Waals surface area (Å²) in [7, 11) is 0. The van der Waals surface area contributed by atoms with Crippen molar-refractivity contribution in [3.05, 3.63) is 82.3 Å². The van der Waals surface area contributed by atoms with E-state index in [-0.39, 0.29) is 17.7 Å². The molecule has 0 saturated carbocycles. The first kappa shape index (κ1) is 19.7. The normalized spacial score (nSPS) is 15.1. The second kappa shape index (κ2) is 8.44. The van der Waals surface area contributed by atoms with E-state index in [4.69, 9.17) is 4.74 Å². The van der Waals surface area contributed by atoms with Crippen LogP contribution in [0.15, 0.2) is 65.6 Å². The van der Waals surface area contributed by atoms with Crippen molar-refractivity contribution in [2.24, 2.45) is 0 Å². The van der Waals surface area contributed by atoms with E-state index in [0.717, 1.165) is 28.1 Å². The Balaban J connectivity index is 1.72. The molecule has 0 atom stereocenters. The van der Waals surface area contributed by atoms with E-state index < -0.39 is 0 Å². The molecule has 1 saturated heterocycles. The van der Waals surface area contributed by atoms with Crippen molar-refractivity contribution in [1.82, 2.24) is 4.90 Å². The van der Waals surface area contributed by atoms with Gasteiger partial charge in [0.15, 0.2) is 0 Å². The average Bonchev–Trinajstić information content (AvgIpc) is 3.03. The van der Waals surface area contributed by atoms with Gasteiger partial charge in [-0.25, -0.2) is 0 Å². The van der Waals surface area contributed by atoms with Crippen molar-refractivity contribution in [3.63, 3.8) is 0 Å². The number of carbonyl (C=O) groups excluding carboxylic acids is 2. The Morgan fingerprint density at radius 2 is 1.83 bits per heavy atom. The average molecular weight is 414 g/mol. The summed E-state index contributed by atoms with van der Waals surface area (Å²) in [5.74, 6) is 0.297. The molecule has 1 aliphatic rings. The fraction of sp³-hybridized carbons (Fsp3) is 0.125. The maximum atomic E-state index is 13.0. The number of fused-ring (bicyclic) bond motifs is 1. The first-order valence-corrected chi connectivity index (χ1v) is 10.3. The van der Waals surface area contributed by atoms with E-state index in [1.54, 1.807) is 30.3 Å². The SMILES string of the molecule is CCOc1ccc2ccccc2c1/C=C1/SC(=O)N(Cc2ccccc2C#N)C1=O. The van der Waals surface area contributed by atoms with E-state index in [1.807, 2.05) is 43.3 Å². The van der Waals surface area contributed by atoms with Gasteiger partial charge < -0.3 is 4.74 Å². The number of rotatable bonds is 5. The molecule has 3 aromatic rings. The summed E-state index contributed by atoms with van der Waals surface area (Å²) in [6.07, 6.45) is 1.73. The number of nitrogens with zero attached hydrogens (tertiary/aromatic N) is 2. The summed E-state index contributed by atoms with van der Waals surface area (Å²) in [6.45, 7) is 2.46. The molecule has 1 aliphatic heterocycles. The van der Waals surface area contributed by atoms with E-state index >= 15 is 0 Å². The Bertz CT molecular complexity index is 1230. The van der Waals surface area contributed by atoms with Crippen LogP contribution in [0.4, 0.5) is 4.79 Å². The van der Waals surface area contributed by atoms with Crippen LogP contribution in [0, 0.1) is 11.3 Å². The highest BCUT2D eigenvalue weighted by atomic mass is 32.2. The van der Waals surface area contributed by atoms with E-state index in [0.29, 0.717) is 28.4 Å². The molecular weight excluding hydrogens is 396 g/mol. The number of amides is 2. The molecule has 0 unspecified atom stereocenters. The lowest BCUT2D eigenvalue weighted by Gasteiger charge is -2.13. The van der Waals surface area contributed by atoms with Gasteiger partial charge in [-0.2, -0.15) is 5.26 Å². The molecule has 0 bridgehead atoms. The maximum Gasteiger partial charge on any atom is 0.293 e. The molecular formula is C24H18N2O3S. The van der Waals surface area contributed by atoms with Crippen LogP contribution in [0.5, 0.6) is 5.75 Å².